The number of hydrogen-bond acceptors (Lipinski definition) is 4. The number of rotatable bonds is 6. The SMILES string of the molecule is O=C(/C=C/c1ccco1)NCCC(=O)N1CCC(c2nc3ccccc3[nH]2)CC1. The maximum absolute atomic E-state index is 12.4. The summed E-state index contributed by atoms with van der Waals surface area (Å²) in [6.45, 7) is 1.75. The minimum Gasteiger partial charge on any atom is -0.465 e. The lowest BCUT2D eigenvalue weighted by Crippen LogP contribution is -2.39. The van der Waals surface area contributed by atoms with E-state index >= 15 is 0 Å². The highest BCUT2D eigenvalue weighted by Gasteiger charge is 2.25. The van der Waals surface area contributed by atoms with Crippen LogP contribution in [0, 0.1) is 0 Å². The minimum absolute atomic E-state index is 0.0726. The third-order valence-corrected chi connectivity index (χ3v) is 5.22. The second-order valence-corrected chi connectivity index (χ2v) is 7.18. The molecule has 1 aromatic carbocycles. The van der Waals surface area contributed by atoms with E-state index in [1.165, 1.54) is 6.08 Å². The number of nitrogens with zero attached hydrogens (tertiary/aromatic N) is 2. The standard InChI is InChI=1S/C22H24N4O3/c27-20(8-7-17-4-3-15-29-17)23-12-9-21(28)26-13-10-16(11-14-26)22-24-18-5-1-2-6-19(18)25-22/h1-8,15-16H,9-14H2,(H,23,27)(H,24,25)/b8-7+. The Labute approximate surface area is 168 Å². The summed E-state index contributed by atoms with van der Waals surface area (Å²) in [5.74, 6) is 1.80. The molecule has 0 radical (unpaired) electrons. The Bertz CT molecular complexity index is 965. The molecule has 1 aliphatic heterocycles. The molecule has 4 rings (SSSR count). The average Bonchev–Trinajstić information content (AvgIpc) is 3.42. The normalized spacial score (nSPS) is 15.2. The van der Waals surface area contributed by atoms with Crippen molar-refractivity contribution < 1.29 is 14.0 Å². The largest absolute Gasteiger partial charge is 0.465 e. The van der Waals surface area contributed by atoms with Crippen LogP contribution in [0.2, 0.25) is 0 Å². The smallest absolute Gasteiger partial charge is 0.244 e. The number of fused-ring (bicyclic) bond motifs is 1. The van der Waals surface area contributed by atoms with Gasteiger partial charge in [-0.2, -0.15) is 0 Å². The monoisotopic (exact) mass is 392 g/mol. The van der Waals surface area contributed by atoms with E-state index in [-0.39, 0.29) is 11.8 Å². The third-order valence-electron chi connectivity index (χ3n) is 5.22. The number of carbonyl (C=O) groups excluding carboxylic acids is 2. The Morgan fingerprint density at radius 1 is 1.21 bits per heavy atom. The number of aromatic amines is 1. The van der Waals surface area contributed by atoms with Gasteiger partial charge in [0.15, 0.2) is 0 Å². The molecule has 1 aliphatic rings. The zero-order valence-corrected chi connectivity index (χ0v) is 16.1. The van der Waals surface area contributed by atoms with Crippen LogP contribution in [0.3, 0.4) is 0 Å². The molecule has 0 atom stereocenters. The summed E-state index contributed by atoms with van der Waals surface area (Å²) in [4.78, 5) is 34.2. The first kappa shape index (κ1) is 19.0. The van der Waals surface area contributed by atoms with Crippen LogP contribution in [0.25, 0.3) is 17.1 Å². The summed E-state index contributed by atoms with van der Waals surface area (Å²) in [5.41, 5.74) is 2.04. The van der Waals surface area contributed by atoms with E-state index in [9.17, 15) is 9.59 Å². The van der Waals surface area contributed by atoms with Crippen LogP contribution in [0.4, 0.5) is 0 Å². The van der Waals surface area contributed by atoms with Crippen molar-refractivity contribution in [2.45, 2.75) is 25.2 Å². The molecule has 0 aliphatic carbocycles. The molecule has 7 nitrogen and oxygen atoms in total. The zero-order valence-electron chi connectivity index (χ0n) is 16.1. The summed E-state index contributed by atoms with van der Waals surface area (Å²) in [6.07, 6.45) is 6.64. The van der Waals surface area contributed by atoms with E-state index < -0.39 is 0 Å². The first-order valence-electron chi connectivity index (χ1n) is 9.91. The summed E-state index contributed by atoms with van der Waals surface area (Å²) >= 11 is 0. The van der Waals surface area contributed by atoms with E-state index in [0.29, 0.717) is 37.7 Å². The number of furan rings is 1. The van der Waals surface area contributed by atoms with Crippen LogP contribution >= 0.6 is 0 Å². The van der Waals surface area contributed by atoms with Gasteiger partial charge in [0.2, 0.25) is 11.8 Å². The van der Waals surface area contributed by atoms with Gasteiger partial charge in [0.1, 0.15) is 11.6 Å². The number of imidazole rings is 1. The lowest BCUT2D eigenvalue weighted by Gasteiger charge is -2.31. The predicted octanol–water partition coefficient (Wildman–Crippen LogP) is 3.08. The number of para-hydroxylation sites is 2. The van der Waals surface area contributed by atoms with Gasteiger partial charge < -0.3 is 19.6 Å². The molecular formula is C22H24N4O3. The molecule has 3 heterocycles. The van der Waals surface area contributed by atoms with E-state index in [2.05, 4.69) is 10.3 Å². The van der Waals surface area contributed by atoms with Gasteiger partial charge in [0.05, 0.1) is 17.3 Å². The highest BCUT2D eigenvalue weighted by Crippen LogP contribution is 2.27. The van der Waals surface area contributed by atoms with Crippen molar-refractivity contribution in [1.29, 1.82) is 0 Å². The number of hydrogen-bond donors (Lipinski definition) is 2. The van der Waals surface area contributed by atoms with Crippen molar-refractivity contribution >= 4 is 28.9 Å². The zero-order chi connectivity index (χ0) is 20.1. The maximum Gasteiger partial charge on any atom is 0.244 e. The van der Waals surface area contributed by atoms with Gasteiger partial charge in [-0.3, -0.25) is 9.59 Å². The summed E-state index contributed by atoms with van der Waals surface area (Å²) < 4.78 is 5.13. The molecule has 1 fully saturated rings. The molecular weight excluding hydrogens is 368 g/mol. The van der Waals surface area contributed by atoms with Gasteiger partial charge >= 0.3 is 0 Å². The Balaban J connectivity index is 1.20. The molecule has 7 heteroatoms. The first-order valence-corrected chi connectivity index (χ1v) is 9.91. The number of piperidine rings is 1. The van der Waals surface area contributed by atoms with E-state index in [0.717, 1.165) is 29.7 Å². The molecule has 2 amide bonds. The van der Waals surface area contributed by atoms with Crippen molar-refractivity contribution in [3.63, 3.8) is 0 Å². The fourth-order valence-electron chi connectivity index (χ4n) is 3.62. The van der Waals surface area contributed by atoms with Gasteiger partial charge in [-0.1, -0.05) is 12.1 Å². The van der Waals surface area contributed by atoms with Gasteiger partial charge in [0, 0.05) is 38.0 Å². The van der Waals surface area contributed by atoms with Gasteiger partial charge in [-0.25, -0.2) is 4.98 Å². The Hall–Kier alpha value is -3.35. The second-order valence-electron chi connectivity index (χ2n) is 7.18. The number of likely N-dealkylation sites (tertiary alicyclic amines) is 1. The highest BCUT2D eigenvalue weighted by atomic mass is 16.3. The molecule has 1 saturated heterocycles. The number of H-pyrrole nitrogens is 1. The van der Waals surface area contributed by atoms with Gasteiger partial charge in [-0.05, 0) is 43.2 Å². The summed E-state index contributed by atoms with van der Waals surface area (Å²) in [5, 5.41) is 2.73. The van der Waals surface area contributed by atoms with E-state index in [1.54, 1.807) is 24.5 Å². The van der Waals surface area contributed by atoms with Crippen LogP contribution in [-0.2, 0) is 9.59 Å². The first-order chi connectivity index (χ1) is 14.2. The van der Waals surface area contributed by atoms with Gasteiger partial charge in [-0.15, -0.1) is 0 Å². The Kier molecular flexibility index (Phi) is 5.74. The molecule has 0 unspecified atom stereocenters. The number of nitrogens with one attached hydrogen (secondary N) is 2. The predicted molar refractivity (Wildman–Crippen MR) is 110 cm³/mol. The fourth-order valence-corrected chi connectivity index (χ4v) is 3.62. The number of aromatic nitrogens is 2. The van der Waals surface area contributed by atoms with Crippen LogP contribution in [0.15, 0.2) is 53.2 Å². The van der Waals surface area contributed by atoms with Crippen molar-refractivity contribution in [2.75, 3.05) is 19.6 Å². The number of carbonyl (C=O) groups is 2. The maximum atomic E-state index is 12.4. The molecule has 0 saturated carbocycles. The van der Waals surface area contributed by atoms with Crippen molar-refractivity contribution in [1.82, 2.24) is 20.2 Å². The van der Waals surface area contributed by atoms with Crippen molar-refractivity contribution in [3.05, 3.63) is 60.3 Å². The molecule has 2 N–H and O–H groups in total. The minimum atomic E-state index is -0.238. The Morgan fingerprint density at radius 2 is 2.03 bits per heavy atom. The quantitative estimate of drug-likeness (QED) is 0.631. The van der Waals surface area contributed by atoms with Gasteiger partial charge in [0.25, 0.3) is 0 Å². The third kappa shape index (κ3) is 4.74. The molecule has 29 heavy (non-hydrogen) atoms. The second kappa shape index (κ2) is 8.77. The average molecular weight is 392 g/mol. The van der Waals surface area contributed by atoms with Crippen LogP contribution < -0.4 is 5.32 Å². The molecule has 0 bridgehead atoms. The lowest BCUT2D eigenvalue weighted by atomic mass is 9.96. The van der Waals surface area contributed by atoms with Crippen LogP contribution in [0.1, 0.15) is 36.8 Å². The molecule has 2 aromatic heterocycles. The fraction of sp³-hybridized carbons (Fsp3) is 0.318. The number of amides is 2. The van der Waals surface area contributed by atoms with E-state index in [4.69, 9.17) is 9.40 Å². The van der Waals surface area contributed by atoms with E-state index in [1.807, 2.05) is 29.2 Å². The molecule has 0 spiro atoms. The van der Waals surface area contributed by atoms with Crippen LogP contribution in [0.5, 0.6) is 0 Å². The molecule has 3 aromatic rings. The Morgan fingerprint density at radius 3 is 2.79 bits per heavy atom. The van der Waals surface area contributed by atoms with Crippen LogP contribution in [-0.4, -0.2) is 46.3 Å². The molecule has 150 valence electrons. The highest BCUT2D eigenvalue weighted by molar-refractivity contribution is 5.91. The van der Waals surface area contributed by atoms with Crippen molar-refractivity contribution in [3.8, 4) is 0 Å². The lowest BCUT2D eigenvalue weighted by molar-refractivity contribution is -0.132. The summed E-state index contributed by atoms with van der Waals surface area (Å²) in [7, 11) is 0. The summed E-state index contributed by atoms with van der Waals surface area (Å²) in [6, 6.07) is 11.5. The number of benzene rings is 1. The topological polar surface area (TPSA) is 91.2 Å². The van der Waals surface area contributed by atoms with Crippen molar-refractivity contribution in [2.24, 2.45) is 0 Å².